The molecule has 2 aliphatic heterocycles. The van der Waals surface area contributed by atoms with Gasteiger partial charge in [-0.25, -0.2) is 8.42 Å². The van der Waals surface area contributed by atoms with Crippen LogP contribution in [0, 0.1) is 0 Å². The molecule has 10 heteroatoms. The molecule has 0 aromatic heterocycles. The molecule has 8 nitrogen and oxygen atoms in total. The summed E-state index contributed by atoms with van der Waals surface area (Å²) in [5.41, 5.74) is 6.00. The lowest BCUT2D eigenvalue weighted by molar-refractivity contribution is -0.112. The molecule has 3 rings (SSSR count). The Morgan fingerprint density at radius 1 is 1.28 bits per heavy atom. The third kappa shape index (κ3) is 3.72. The summed E-state index contributed by atoms with van der Waals surface area (Å²) >= 11 is 5.87. The number of hydrogen-bond donors (Lipinski definition) is 2. The van der Waals surface area contributed by atoms with Crippen LogP contribution in [0.25, 0.3) is 0 Å². The van der Waals surface area contributed by atoms with Crippen LogP contribution >= 0.6 is 11.6 Å². The normalized spacial score (nSPS) is 18.0. The Bertz CT molecular complexity index is 966. The smallest absolute Gasteiger partial charge is 0.257 e. The lowest BCUT2D eigenvalue weighted by Gasteiger charge is -2.26. The lowest BCUT2D eigenvalue weighted by Crippen LogP contribution is -2.37. The number of carbonyl (C=O) groups excluding carboxylic acids is 2. The van der Waals surface area contributed by atoms with E-state index in [1.54, 1.807) is 11.0 Å². The molecular weight excluding hydrogens is 368 g/mol. The van der Waals surface area contributed by atoms with Crippen LogP contribution in [-0.4, -0.2) is 43.3 Å². The maximum absolute atomic E-state index is 12.4. The molecule has 0 atom stereocenters. The summed E-state index contributed by atoms with van der Waals surface area (Å²) in [6, 6.07) is 4.39. The second-order valence-electron chi connectivity index (χ2n) is 5.36. The van der Waals surface area contributed by atoms with Crippen LogP contribution in [-0.2, 0) is 14.8 Å². The van der Waals surface area contributed by atoms with Crippen LogP contribution in [0.3, 0.4) is 0 Å². The fourth-order valence-electron chi connectivity index (χ4n) is 2.33. The van der Waals surface area contributed by atoms with Gasteiger partial charge in [-0.15, -0.1) is 4.40 Å². The van der Waals surface area contributed by atoms with Gasteiger partial charge in [0.1, 0.15) is 5.84 Å². The van der Waals surface area contributed by atoms with Crippen LogP contribution in [0.1, 0.15) is 10.4 Å². The molecule has 0 saturated heterocycles. The molecule has 25 heavy (non-hydrogen) atoms. The molecule has 0 radical (unpaired) electrons. The van der Waals surface area contributed by atoms with E-state index in [0.717, 1.165) is 0 Å². The van der Waals surface area contributed by atoms with Gasteiger partial charge in [-0.3, -0.25) is 9.59 Å². The van der Waals surface area contributed by atoms with Gasteiger partial charge in [0, 0.05) is 18.4 Å². The Kier molecular flexibility index (Phi) is 4.36. The minimum absolute atomic E-state index is 0.100. The van der Waals surface area contributed by atoms with E-state index in [1.807, 2.05) is 0 Å². The van der Waals surface area contributed by atoms with E-state index in [4.69, 9.17) is 17.3 Å². The zero-order valence-electron chi connectivity index (χ0n) is 12.8. The van der Waals surface area contributed by atoms with Gasteiger partial charge in [0.05, 0.1) is 21.9 Å². The van der Waals surface area contributed by atoms with Crippen molar-refractivity contribution in [3.05, 3.63) is 52.7 Å². The second kappa shape index (κ2) is 6.34. The number of nitrogens with zero attached hydrogens (tertiary/aromatic N) is 2. The number of benzene rings is 1. The van der Waals surface area contributed by atoms with Crippen molar-refractivity contribution in [2.45, 2.75) is 0 Å². The van der Waals surface area contributed by atoms with Gasteiger partial charge in [0.25, 0.3) is 15.9 Å². The number of amides is 2. The zero-order chi connectivity index (χ0) is 18.2. The van der Waals surface area contributed by atoms with Gasteiger partial charge >= 0.3 is 0 Å². The third-order valence-corrected chi connectivity index (χ3v) is 5.07. The van der Waals surface area contributed by atoms with Crippen molar-refractivity contribution in [2.75, 3.05) is 17.6 Å². The highest BCUT2D eigenvalue weighted by Crippen LogP contribution is 2.22. The molecule has 0 fully saturated rings. The zero-order valence-corrected chi connectivity index (χ0v) is 14.3. The molecule has 130 valence electrons. The van der Waals surface area contributed by atoms with E-state index < -0.39 is 21.8 Å². The van der Waals surface area contributed by atoms with Crippen molar-refractivity contribution < 1.29 is 18.0 Å². The summed E-state index contributed by atoms with van der Waals surface area (Å²) in [6.45, 7) is 0.217. The van der Waals surface area contributed by atoms with Gasteiger partial charge in [0.2, 0.25) is 5.91 Å². The Hall–Kier alpha value is -2.65. The molecule has 2 amide bonds. The first-order valence-corrected chi connectivity index (χ1v) is 9.14. The highest BCUT2D eigenvalue weighted by molar-refractivity contribution is 7.90. The highest BCUT2D eigenvalue weighted by Gasteiger charge is 2.25. The van der Waals surface area contributed by atoms with Crippen molar-refractivity contribution in [3.8, 4) is 0 Å². The number of primary amides is 1. The number of amidine groups is 1. The molecule has 0 spiro atoms. The third-order valence-electron chi connectivity index (χ3n) is 3.58. The van der Waals surface area contributed by atoms with E-state index in [0.29, 0.717) is 11.3 Å². The van der Waals surface area contributed by atoms with E-state index >= 15 is 0 Å². The molecule has 0 bridgehead atoms. The summed E-state index contributed by atoms with van der Waals surface area (Å²) in [4.78, 5) is 25.3. The maximum atomic E-state index is 12.4. The molecule has 3 N–H and O–H groups in total. The number of carbonyl (C=O) groups is 2. The van der Waals surface area contributed by atoms with Crippen LogP contribution in [0.15, 0.2) is 46.5 Å². The molecule has 1 aromatic carbocycles. The Balaban J connectivity index is 1.80. The molecule has 0 saturated carbocycles. The summed E-state index contributed by atoms with van der Waals surface area (Å²) in [7, 11) is -3.45. The molecule has 0 aliphatic carbocycles. The number of nitrogens with one attached hydrogen (secondary N) is 1. The summed E-state index contributed by atoms with van der Waals surface area (Å²) in [6.07, 6.45) is 4.45. The van der Waals surface area contributed by atoms with E-state index in [-0.39, 0.29) is 28.7 Å². The largest absolute Gasteiger partial charge is 0.366 e. The van der Waals surface area contributed by atoms with E-state index in [1.165, 1.54) is 30.5 Å². The Labute approximate surface area is 148 Å². The fourth-order valence-corrected chi connectivity index (χ4v) is 3.51. The first kappa shape index (κ1) is 17.2. The first-order chi connectivity index (χ1) is 11.7. The van der Waals surface area contributed by atoms with Gasteiger partial charge in [-0.05, 0) is 30.4 Å². The van der Waals surface area contributed by atoms with Crippen molar-refractivity contribution in [1.29, 1.82) is 0 Å². The molecule has 0 unspecified atom stereocenters. The highest BCUT2D eigenvalue weighted by atomic mass is 35.5. The van der Waals surface area contributed by atoms with Crippen molar-refractivity contribution in [1.82, 2.24) is 4.90 Å². The molecule has 2 heterocycles. The van der Waals surface area contributed by atoms with Crippen molar-refractivity contribution in [3.63, 3.8) is 0 Å². The van der Waals surface area contributed by atoms with E-state index in [9.17, 15) is 18.0 Å². The average Bonchev–Trinajstić information content (AvgIpc) is 2.55. The van der Waals surface area contributed by atoms with Gasteiger partial charge in [0.15, 0.2) is 0 Å². The SMILES string of the molecule is NC(=O)c1cc(NC(=O)C2=CN3CCS(=O)(=O)N=C3C=C2)ccc1Cl. The number of nitrogens with two attached hydrogens (primary N) is 1. The molecule has 2 aliphatic rings. The first-order valence-electron chi connectivity index (χ1n) is 7.15. The second-order valence-corrected chi connectivity index (χ2v) is 7.52. The quantitative estimate of drug-likeness (QED) is 0.805. The lowest BCUT2D eigenvalue weighted by atomic mass is 10.1. The minimum Gasteiger partial charge on any atom is -0.366 e. The number of halogens is 1. The monoisotopic (exact) mass is 380 g/mol. The van der Waals surface area contributed by atoms with Crippen LogP contribution in [0.2, 0.25) is 5.02 Å². The van der Waals surface area contributed by atoms with E-state index in [2.05, 4.69) is 9.71 Å². The Morgan fingerprint density at radius 2 is 2.04 bits per heavy atom. The number of rotatable bonds is 3. The van der Waals surface area contributed by atoms with Gasteiger partial charge in [-0.1, -0.05) is 11.6 Å². The van der Waals surface area contributed by atoms with Crippen LogP contribution < -0.4 is 11.1 Å². The minimum atomic E-state index is -3.45. The summed E-state index contributed by atoms with van der Waals surface area (Å²) < 4.78 is 26.6. The van der Waals surface area contributed by atoms with Crippen LogP contribution in [0.4, 0.5) is 5.69 Å². The number of anilines is 1. The number of fused-ring (bicyclic) bond motifs is 1. The molecular formula is C15H13ClN4O4S. The topological polar surface area (TPSA) is 122 Å². The predicted octanol–water partition coefficient (Wildman–Crippen LogP) is 0.875. The molecule has 1 aromatic rings. The number of sulfonamides is 1. The van der Waals surface area contributed by atoms with Gasteiger partial charge < -0.3 is 16.0 Å². The maximum Gasteiger partial charge on any atom is 0.257 e. The average molecular weight is 381 g/mol. The van der Waals surface area contributed by atoms with Crippen molar-refractivity contribution >= 4 is 45.0 Å². The van der Waals surface area contributed by atoms with Gasteiger partial charge in [-0.2, -0.15) is 0 Å². The van der Waals surface area contributed by atoms with Crippen LogP contribution in [0.5, 0.6) is 0 Å². The predicted molar refractivity (Wildman–Crippen MR) is 93.8 cm³/mol. The van der Waals surface area contributed by atoms with Crippen molar-refractivity contribution in [2.24, 2.45) is 10.1 Å². The fraction of sp³-hybridized carbons (Fsp3) is 0.133. The standard InChI is InChI=1S/C15H13ClN4O4S/c16-12-3-2-10(7-11(12)14(17)21)18-15(22)9-1-4-13-19-25(23,24)6-5-20(13)8-9/h1-4,7-8H,5-6H2,(H2,17,21)(H,18,22). The summed E-state index contributed by atoms with van der Waals surface area (Å²) in [5.74, 6) is -0.977. The Morgan fingerprint density at radius 3 is 2.76 bits per heavy atom. The number of hydrogen-bond acceptors (Lipinski definition) is 5. The summed E-state index contributed by atoms with van der Waals surface area (Å²) in [5, 5.41) is 2.83.